The lowest BCUT2D eigenvalue weighted by Gasteiger charge is -2.16. The van der Waals surface area contributed by atoms with Gasteiger partial charge in [-0.15, -0.1) is 11.3 Å². The molecule has 11 aromatic carbocycles. The highest BCUT2D eigenvalue weighted by Gasteiger charge is 2.22. The van der Waals surface area contributed by atoms with Crippen LogP contribution in [-0.2, 0) is 0 Å². The Morgan fingerprint density at radius 3 is 1.82 bits per heavy atom. The molecule has 4 aromatic heterocycles. The summed E-state index contributed by atoms with van der Waals surface area (Å²) < 4.78 is 7.49. The van der Waals surface area contributed by atoms with Gasteiger partial charge < -0.3 is 9.13 Å². The number of hydrogen-bond donors (Lipinski definition) is 0. The minimum Gasteiger partial charge on any atom is -0.309 e. The third-order valence-corrected chi connectivity index (χ3v) is 15.2. The molecule has 0 bridgehead atoms. The molecule has 0 saturated heterocycles. The lowest BCUT2D eigenvalue weighted by molar-refractivity contribution is 1.19. The molecular formula is C62H36N4S. The van der Waals surface area contributed by atoms with Gasteiger partial charge in [-0.2, -0.15) is 0 Å². The Bertz CT molecular complexity index is 4590. The molecule has 0 atom stereocenters. The van der Waals surface area contributed by atoms with Crippen molar-refractivity contribution in [2.24, 2.45) is 0 Å². The quantitative estimate of drug-likeness (QED) is 0.177. The molecule has 0 unspecified atom stereocenters. The standard InChI is InChI=1S/C62H36N4S/c1-2-17-39-37(15-1)33-34-45-42-18-4-9-28-54(42)66(61(39)45)55-29-11-16-38-35-50-43-19-5-8-27-52(43)65(56(50)36-49(38)55)53-30-13-22-40-41(53)23-12-24-44(40)60-46-20-3-7-26-51(46)63-62(64-60)48-25-14-32-58-59(48)47-21-6-10-31-57(47)67-58/h1-36H. The average molecular weight is 869 g/mol. The lowest BCUT2D eigenvalue weighted by Crippen LogP contribution is -1.99. The van der Waals surface area contributed by atoms with Gasteiger partial charge in [0.05, 0.1) is 44.7 Å². The maximum atomic E-state index is 5.53. The van der Waals surface area contributed by atoms with Gasteiger partial charge in [0.15, 0.2) is 5.82 Å². The van der Waals surface area contributed by atoms with Crippen molar-refractivity contribution in [2.75, 3.05) is 0 Å². The van der Waals surface area contributed by atoms with E-state index in [-0.39, 0.29) is 0 Å². The Balaban J connectivity index is 0.990. The van der Waals surface area contributed by atoms with Crippen molar-refractivity contribution in [1.29, 1.82) is 0 Å². The first-order valence-corrected chi connectivity index (χ1v) is 23.6. The summed E-state index contributed by atoms with van der Waals surface area (Å²) in [6.45, 7) is 0. The molecule has 67 heavy (non-hydrogen) atoms. The van der Waals surface area contributed by atoms with Gasteiger partial charge in [0.1, 0.15) is 0 Å². The van der Waals surface area contributed by atoms with Crippen molar-refractivity contribution in [3.05, 3.63) is 218 Å². The van der Waals surface area contributed by atoms with Gasteiger partial charge in [-0.1, -0.05) is 164 Å². The van der Waals surface area contributed by atoms with Crippen molar-refractivity contribution in [3.8, 4) is 34.0 Å². The minimum atomic E-state index is 0.734. The third-order valence-electron chi connectivity index (χ3n) is 14.1. The Labute approximate surface area is 387 Å². The van der Waals surface area contributed by atoms with Gasteiger partial charge in [0.25, 0.3) is 0 Å². The van der Waals surface area contributed by atoms with Gasteiger partial charge in [-0.25, -0.2) is 9.97 Å². The van der Waals surface area contributed by atoms with E-state index in [1.54, 1.807) is 0 Å². The molecule has 0 fully saturated rings. The lowest BCUT2D eigenvalue weighted by atomic mass is 9.97. The van der Waals surface area contributed by atoms with Crippen molar-refractivity contribution >= 4 is 118 Å². The molecule has 0 spiro atoms. The molecule has 15 aromatic rings. The second-order valence-electron chi connectivity index (χ2n) is 17.6. The zero-order valence-corrected chi connectivity index (χ0v) is 36.8. The highest BCUT2D eigenvalue weighted by atomic mass is 32.1. The Morgan fingerprint density at radius 1 is 0.328 bits per heavy atom. The zero-order valence-electron chi connectivity index (χ0n) is 36.0. The summed E-state index contributed by atoms with van der Waals surface area (Å²) in [7, 11) is 0. The first-order valence-electron chi connectivity index (χ1n) is 22.8. The average Bonchev–Trinajstić information content (AvgIpc) is 4.05. The molecule has 0 aliphatic heterocycles. The van der Waals surface area contributed by atoms with Gasteiger partial charge in [0.2, 0.25) is 0 Å². The van der Waals surface area contributed by atoms with Crippen LogP contribution in [0.25, 0.3) is 141 Å². The number of benzene rings is 11. The van der Waals surface area contributed by atoms with Crippen LogP contribution in [-0.4, -0.2) is 19.1 Å². The number of para-hydroxylation sites is 3. The van der Waals surface area contributed by atoms with E-state index in [0.29, 0.717) is 0 Å². The maximum absolute atomic E-state index is 5.53. The number of nitrogens with zero attached hydrogens (tertiary/aromatic N) is 4. The normalized spacial score (nSPS) is 12.2. The molecule has 0 aliphatic carbocycles. The van der Waals surface area contributed by atoms with E-state index >= 15 is 0 Å². The van der Waals surface area contributed by atoms with Crippen LogP contribution in [0.5, 0.6) is 0 Å². The van der Waals surface area contributed by atoms with Crippen LogP contribution >= 0.6 is 11.3 Å². The van der Waals surface area contributed by atoms with E-state index in [0.717, 1.165) is 61.2 Å². The largest absolute Gasteiger partial charge is 0.309 e. The van der Waals surface area contributed by atoms with Crippen LogP contribution in [0.2, 0.25) is 0 Å². The number of rotatable bonds is 4. The molecule has 0 aliphatic rings. The number of fused-ring (bicyclic) bond motifs is 14. The van der Waals surface area contributed by atoms with Crippen molar-refractivity contribution in [1.82, 2.24) is 19.1 Å². The van der Waals surface area contributed by atoms with Gasteiger partial charge in [-0.05, 0) is 70.8 Å². The van der Waals surface area contributed by atoms with Crippen molar-refractivity contribution in [2.45, 2.75) is 0 Å². The summed E-state index contributed by atoms with van der Waals surface area (Å²) in [5, 5.41) is 15.6. The second kappa shape index (κ2) is 13.9. The van der Waals surface area contributed by atoms with E-state index in [4.69, 9.17) is 9.97 Å². The van der Waals surface area contributed by atoms with Crippen LogP contribution in [0.1, 0.15) is 0 Å². The van der Waals surface area contributed by atoms with E-state index in [9.17, 15) is 0 Å². The molecule has 0 radical (unpaired) electrons. The molecule has 310 valence electrons. The van der Waals surface area contributed by atoms with E-state index in [1.807, 2.05) is 11.3 Å². The fourth-order valence-electron chi connectivity index (χ4n) is 11.2. The van der Waals surface area contributed by atoms with Crippen LogP contribution < -0.4 is 0 Å². The highest BCUT2D eigenvalue weighted by molar-refractivity contribution is 7.25. The first-order chi connectivity index (χ1) is 33.2. The molecule has 0 N–H and O–H groups in total. The molecular weight excluding hydrogens is 833 g/mol. The predicted octanol–water partition coefficient (Wildman–Crippen LogP) is 17.0. The fourth-order valence-corrected chi connectivity index (χ4v) is 12.3. The molecule has 0 saturated carbocycles. The van der Waals surface area contributed by atoms with Crippen LogP contribution in [0.3, 0.4) is 0 Å². The predicted molar refractivity (Wildman–Crippen MR) is 284 cm³/mol. The molecule has 5 heteroatoms. The first kappa shape index (κ1) is 36.7. The number of aromatic nitrogens is 4. The van der Waals surface area contributed by atoms with Crippen LogP contribution in [0.15, 0.2) is 218 Å². The van der Waals surface area contributed by atoms with Gasteiger partial charge >= 0.3 is 0 Å². The number of hydrogen-bond acceptors (Lipinski definition) is 3. The molecule has 0 amide bonds. The molecule has 4 heterocycles. The highest BCUT2D eigenvalue weighted by Crippen LogP contribution is 2.44. The third kappa shape index (κ3) is 5.23. The second-order valence-corrected chi connectivity index (χ2v) is 18.7. The van der Waals surface area contributed by atoms with Crippen LogP contribution in [0, 0.1) is 0 Å². The Hall–Kier alpha value is -8.64. The zero-order chi connectivity index (χ0) is 43.7. The number of thiophene rings is 1. The Kier molecular flexibility index (Phi) is 7.63. The Morgan fingerprint density at radius 2 is 0.940 bits per heavy atom. The maximum Gasteiger partial charge on any atom is 0.161 e. The van der Waals surface area contributed by atoms with E-state index in [2.05, 4.69) is 228 Å². The topological polar surface area (TPSA) is 35.6 Å². The summed E-state index contributed by atoms with van der Waals surface area (Å²) in [5.74, 6) is 0.734. The van der Waals surface area contributed by atoms with E-state index < -0.39 is 0 Å². The smallest absolute Gasteiger partial charge is 0.161 e. The van der Waals surface area contributed by atoms with Crippen LogP contribution in [0.4, 0.5) is 0 Å². The van der Waals surface area contributed by atoms with E-state index in [1.165, 1.54) is 79.8 Å². The monoisotopic (exact) mass is 868 g/mol. The minimum absolute atomic E-state index is 0.734. The van der Waals surface area contributed by atoms with Crippen molar-refractivity contribution in [3.63, 3.8) is 0 Å². The SMILES string of the molecule is c1cc(-n2c3ccccc3c3ccc4ccccc4c32)c2cc3c(cc2c1)c1ccccc1n3-c1cccc2c(-c3nc(-c4cccc5sc6ccccc6c45)nc4ccccc34)cccc12. The summed E-state index contributed by atoms with van der Waals surface area (Å²) in [6.07, 6.45) is 0. The molecule has 15 rings (SSSR count). The molecule has 4 nitrogen and oxygen atoms in total. The fraction of sp³-hybridized carbons (Fsp3) is 0. The van der Waals surface area contributed by atoms with Gasteiger partial charge in [-0.3, -0.25) is 0 Å². The summed E-state index contributed by atoms with van der Waals surface area (Å²) in [6, 6.07) is 79.7. The summed E-state index contributed by atoms with van der Waals surface area (Å²) in [4.78, 5) is 10.8. The summed E-state index contributed by atoms with van der Waals surface area (Å²) >= 11 is 1.82. The van der Waals surface area contributed by atoms with Gasteiger partial charge in [0, 0.05) is 74.4 Å². The summed E-state index contributed by atoms with van der Waals surface area (Å²) in [5.41, 5.74) is 11.0. The van der Waals surface area contributed by atoms with Crippen molar-refractivity contribution < 1.29 is 0 Å².